The van der Waals surface area contributed by atoms with Crippen molar-refractivity contribution in [1.29, 1.82) is 0 Å². The van der Waals surface area contributed by atoms with Gasteiger partial charge in [0.2, 0.25) is 5.88 Å². The molecule has 6 nitrogen and oxygen atoms in total. The van der Waals surface area contributed by atoms with Gasteiger partial charge in [-0.25, -0.2) is 9.07 Å². The zero-order valence-electron chi connectivity index (χ0n) is 12.9. The first kappa shape index (κ1) is 15.5. The lowest BCUT2D eigenvalue weighted by molar-refractivity contribution is 0.0709. The Bertz CT molecular complexity index is 714. The summed E-state index contributed by atoms with van der Waals surface area (Å²) in [5.74, 6) is -0.138. The predicted molar refractivity (Wildman–Crippen MR) is 80.6 cm³/mol. The zero-order valence-corrected chi connectivity index (χ0v) is 12.9. The van der Waals surface area contributed by atoms with Crippen molar-refractivity contribution in [1.82, 2.24) is 14.7 Å². The van der Waals surface area contributed by atoms with E-state index in [-0.39, 0.29) is 30.0 Å². The van der Waals surface area contributed by atoms with Crippen molar-refractivity contribution in [2.24, 2.45) is 7.05 Å². The molecule has 1 amide bonds. The van der Waals surface area contributed by atoms with Crippen molar-refractivity contribution >= 4 is 5.91 Å². The van der Waals surface area contributed by atoms with Gasteiger partial charge in [-0.15, -0.1) is 0 Å². The fourth-order valence-corrected chi connectivity index (χ4v) is 2.93. The molecule has 1 saturated heterocycles. The van der Waals surface area contributed by atoms with Crippen LogP contribution in [0.25, 0.3) is 0 Å². The molecule has 0 bridgehead atoms. The van der Waals surface area contributed by atoms with Crippen molar-refractivity contribution in [2.75, 3.05) is 13.7 Å². The summed E-state index contributed by atoms with van der Waals surface area (Å²) in [6, 6.07) is 7.24. The Morgan fingerprint density at radius 1 is 1.39 bits per heavy atom. The number of benzene rings is 1. The summed E-state index contributed by atoms with van der Waals surface area (Å²) in [6.45, 7) is 0.222. The van der Waals surface area contributed by atoms with E-state index < -0.39 is 6.10 Å². The fraction of sp³-hybridized carbons (Fsp3) is 0.375. The molecular formula is C16H18FN3O3. The minimum Gasteiger partial charge on any atom is -0.481 e. The lowest BCUT2D eigenvalue weighted by Crippen LogP contribution is -2.32. The number of aryl methyl sites for hydroxylation is 1. The first-order valence-corrected chi connectivity index (χ1v) is 7.32. The van der Waals surface area contributed by atoms with E-state index in [1.54, 1.807) is 30.1 Å². The van der Waals surface area contributed by atoms with Crippen LogP contribution in [0, 0.1) is 5.82 Å². The second-order valence-corrected chi connectivity index (χ2v) is 5.61. The number of aliphatic hydroxyl groups is 1. The molecule has 0 saturated carbocycles. The van der Waals surface area contributed by atoms with Crippen LogP contribution < -0.4 is 4.74 Å². The van der Waals surface area contributed by atoms with Gasteiger partial charge in [-0.3, -0.25) is 4.79 Å². The van der Waals surface area contributed by atoms with Crippen molar-refractivity contribution in [2.45, 2.75) is 18.6 Å². The summed E-state index contributed by atoms with van der Waals surface area (Å²) < 4.78 is 19.7. The van der Waals surface area contributed by atoms with Gasteiger partial charge in [-0.2, -0.15) is 5.10 Å². The van der Waals surface area contributed by atoms with Gasteiger partial charge in [-0.05, 0) is 24.1 Å². The van der Waals surface area contributed by atoms with Crippen LogP contribution in [0.3, 0.4) is 0 Å². The number of halogens is 1. The molecule has 0 radical (unpaired) electrons. The van der Waals surface area contributed by atoms with Gasteiger partial charge in [0, 0.05) is 19.7 Å². The van der Waals surface area contributed by atoms with Crippen LogP contribution >= 0.6 is 0 Å². The van der Waals surface area contributed by atoms with Gasteiger partial charge in [0.15, 0.2) is 5.69 Å². The summed E-state index contributed by atoms with van der Waals surface area (Å²) in [5.41, 5.74) is 1.05. The molecule has 1 aromatic carbocycles. The number of aliphatic hydroxyl groups excluding tert-OH is 1. The topological polar surface area (TPSA) is 67.6 Å². The molecule has 122 valence electrons. The highest BCUT2D eigenvalue weighted by Crippen LogP contribution is 2.33. The molecule has 1 aromatic heterocycles. The van der Waals surface area contributed by atoms with Gasteiger partial charge in [-0.1, -0.05) is 12.1 Å². The van der Waals surface area contributed by atoms with Gasteiger partial charge in [0.25, 0.3) is 5.91 Å². The number of carbonyl (C=O) groups is 1. The second-order valence-electron chi connectivity index (χ2n) is 5.61. The smallest absolute Gasteiger partial charge is 0.275 e. The fourth-order valence-electron chi connectivity index (χ4n) is 2.93. The maximum absolute atomic E-state index is 13.1. The number of ether oxygens (including phenoxy) is 1. The van der Waals surface area contributed by atoms with Crippen molar-refractivity contribution in [3.05, 3.63) is 47.4 Å². The van der Waals surface area contributed by atoms with Gasteiger partial charge < -0.3 is 14.7 Å². The zero-order chi connectivity index (χ0) is 16.6. The van der Waals surface area contributed by atoms with E-state index in [0.29, 0.717) is 12.3 Å². The van der Waals surface area contributed by atoms with Crippen molar-refractivity contribution in [3.8, 4) is 5.88 Å². The monoisotopic (exact) mass is 319 g/mol. The van der Waals surface area contributed by atoms with Gasteiger partial charge in [0.05, 0.1) is 19.3 Å². The number of aromatic nitrogens is 2. The highest BCUT2D eigenvalue weighted by molar-refractivity contribution is 5.93. The van der Waals surface area contributed by atoms with Crippen LogP contribution in [0.5, 0.6) is 5.88 Å². The molecule has 1 fully saturated rings. The Balaban J connectivity index is 1.89. The summed E-state index contributed by atoms with van der Waals surface area (Å²) in [7, 11) is 3.19. The highest BCUT2D eigenvalue weighted by atomic mass is 19.1. The molecule has 2 aromatic rings. The van der Waals surface area contributed by atoms with Gasteiger partial charge in [0.1, 0.15) is 5.82 Å². The molecule has 1 N–H and O–H groups in total. The Hall–Kier alpha value is -2.41. The maximum atomic E-state index is 13.1. The Kier molecular flexibility index (Phi) is 4.04. The molecule has 1 aliphatic heterocycles. The molecule has 7 heteroatoms. The number of amides is 1. The average molecular weight is 319 g/mol. The highest BCUT2D eigenvalue weighted by Gasteiger charge is 2.36. The maximum Gasteiger partial charge on any atom is 0.275 e. The molecule has 2 atom stereocenters. The molecule has 0 unspecified atom stereocenters. The van der Waals surface area contributed by atoms with Crippen LogP contribution in [0.15, 0.2) is 30.3 Å². The van der Waals surface area contributed by atoms with Gasteiger partial charge >= 0.3 is 0 Å². The number of rotatable bonds is 3. The first-order chi connectivity index (χ1) is 11.0. The van der Waals surface area contributed by atoms with Crippen molar-refractivity contribution < 1.29 is 19.0 Å². The predicted octanol–water partition coefficient (Wildman–Crippen LogP) is 1.52. The standard InChI is InChI=1S/C16H18FN3O3/c1-19-15(23-2)8-13(18-19)16(22)20-9-12(21)7-14(20)10-3-5-11(17)6-4-10/h3-6,8,12,14,21H,7,9H2,1-2H3/t12-,14-/m1/s1. The van der Waals surface area contributed by atoms with E-state index in [1.165, 1.54) is 23.9 Å². The number of carbonyl (C=O) groups excluding carboxylic acids is 1. The number of methoxy groups -OCH3 is 1. The summed E-state index contributed by atoms with van der Waals surface area (Å²) in [6.07, 6.45) is -0.193. The molecule has 0 aliphatic carbocycles. The molecule has 3 rings (SSSR count). The molecule has 23 heavy (non-hydrogen) atoms. The van der Waals surface area contributed by atoms with Crippen LogP contribution in [-0.2, 0) is 7.05 Å². The van der Waals surface area contributed by atoms with E-state index in [2.05, 4.69) is 5.10 Å². The van der Waals surface area contributed by atoms with Crippen LogP contribution in [0.2, 0.25) is 0 Å². The number of likely N-dealkylation sites (tertiary alicyclic amines) is 1. The molecular weight excluding hydrogens is 301 g/mol. The molecule has 1 aliphatic rings. The summed E-state index contributed by atoms with van der Waals surface area (Å²) in [4.78, 5) is 14.3. The Morgan fingerprint density at radius 3 is 2.70 bits per heavy atom. The minimum absolute atomic E-state index is 0.222. The number of hydrogen-bond donors (Lipinski definition) is 1. The quantitative estimate of drug-likeness (QED) is 0.931. The van der Waals surface area contributed by atoms with E-state index in [4.69, 9.17) is 4.74 Å². The molecule has 0 spiro atoms. The lowest BCUT2D eigenvalue weighted by Gasteiger charge is -2.23. The third kappa shape index (κ3) is 2.92. The summed E-state index contributed by atoms with van der Waals surface area (Å²) in [5, 5.41) is 14.1. The third-order valence-corrected chi connectivity index (χ3v) is 4.06. The van der Waals surface area contributed by atoms with E-state index >= 15 is 0 Å². The van der Waals surface area contributed by atoms with E-state index in [1.807, 2.05) is 0 Å². The average Bonchev–Trinajstić information content (AvgIpc) is 3.10. The number of hydrogen-bond acceptors (Lipinski definition) is 4. The third-order valence-electron chi connectivity index (χ3n) is 4.06. The van der Waals surface area contributed by atoms with Crippen molar-refractivity contribution in [3.63, 3.8) is 0 Å². The number of β-amino-alcohol motifs (C(OH)–C–C–N with tert-alkyl or cyclic N) is 1. The van der Waals surface area contributed by atoms with Crippen LogP contribution in [-0.4, -0.2) is 45.5 Å². The second kappa shape index (κ2) is 6.00. The SMILES string of the molecule is COc1cc(C(=O)N2C[C@H](O)C[C@@H]2c2ccc(F)cc2)nn1C. The summed E-state index contributed by atoms with van der Waals surface area (Å²) >= 11 is 0. The Morgan fingerprint density at radius 2 is 2.09 bits per heavy atom. The minimum atomic E-state index is -0.611. The lowest BCUT2D eigenvalue weighted by atomic mass is 10.0. The normalized spacial score (nSPS) is 20.8. The Labute approximate surface area is 133 Å². The molecule has 2 heterocycles. The first-order valence-electron chi connectivity index (χ1n) is 7.32. The van der Waals surface area contributed by atoms with E-state index in [0.717, 1.165) is 5.56 Å². The van der Waals surface area contributed by atoms with Crippen LogP contribution in [0.1, 0.15) is 28.5 Å². The van der Waals surface area contributed by atoms with E-state index in [9.17, 15) is 14.3 Å². The largest absolute Gasteiger partial charge is 0.481 e. The number of nitrogens with zero attached hydrogens (tertiary/aromatic N) is 3. The van der Waals surface area contributed by atoms with Crippen LogP contribution in [0.4, 0.5) is 4.39 Å².